The lowest BCUT2D eigenvalue weighted by Gasteiger charge is -2.22. The minimum atomic E-state index is 0.0192. The van der Waals surface area contributed by atoms with Crippen LogP contribution < -0.4 is 9.64 Å². The van der Waals surface area contributed by atoms with Crippen LogP contribution in [0.4, 0.5) is 5.69 Å². The predicted octanol–water partition coefficient (Wildman–Crippen LogP) is 5.35. The molecule has 0 atom stereocenters. The van der Waals surface area contributed by atoms with E-state index in [-0.39, 0.29) is 18.3 Å². The van der Waals surface area contributed by atoms with Gasteiger partial charge in [0.15, 0.2) is 11.0 Å². The van der Waals surface area contributed by atoms with Crippen molar-refractivity contribution in [1.29, 1.82) is 0 Å². The molecule has 0 saturated carbocycles. The molecule has 1 aromatic heterocycles. The molecular formula is C24H23ClN4O2S. The number of amides is 1. The summed E-state index contributed by atoms with van der Waals surface area (Å²) in [5, 5.41) is 11.8. The van der Waals surface area contributed by atoms with Gasteiger partial charge in [-0.2, -0.15) is 0 Å². The molecule has 0 aliphatic heterocycles. The van der Waals surface area contributed by atoms with Gasteiger partial charge in [-0.25, -0.2) is 0 Å². The second kappa shape index (κ2) is 10.1. The van der Waals surface area contributed by atoms with E-state index < -0.39 is 0 Å². The van der Waals surface area contributed by atoms with Crippen molar-refractivity contribution in [2.24, 2.45) is 7.05 Å². The molecule has 0 spiro atoms. The number of hydrogen-bond acceptors (Lipinski definition) is 5. The topological polar surface area (TPSA) is 60.3 Å². The van der Waals surface area contributed by atoms with Crippen LogP contribution in [-0.4, -0.2) is 33.0 Å². The summed E-state index contributed by atoms with van der Waals surface area (Å²) in [6, 6.07) is 21.4. The summed E-state index contributed by atoms with van der Waals surface area (Å²) in [4.78, 5) is 14.9. The Balaban J connectivity index is 1.43. The molecule has 1 amide bonds. The quantitative estimate of drug-likeness (QED) is 0.328. The van der Waals surface area contributed by atoms with E-state index in [0.717, 1.165) is 16.5 Å². The molecule has 0 saturated heterocycles. The number of anilines is 1. The van der Waals surface area contributed by atoms with Gasteiger partial charge in [-0.1, -0.05) is 71.9 Å². The van der Waals surface area contributed by atoms with Gasteiger partial charge >= 0.3 is 0 Å². The Morgan fingerprint density at radius 2 is 1.81 bits per heavy atom. The molecule has 32 heavy (non-hydrogen) atoms. The summed E-state index contributed by atoms with van der Waals surface area (Å²) in [6.07, 6.45) is 0. The number of nitrogens with zero attached hydrogens (tertiary/aromatic N) is 4. The Morgan fingerprint density at radius 1 is 1.06 bits per heavy atom. The summed E-state index contributed by atoms with van der Waals surface area (Å²) in [5.74, 6) is 1.52. The van der Waals surface area contributed by atoms with Gasteiger partial charge in [0, 0.05) is 19.0 Å². The molecule has 3 aromatic carbocycles. The number of thioether (sulfide) groups is 1. The highest BCUT2D eigenvalue weighted by Crippen LogP contribution is 2.28. The van der Waals surface area contributed by atoms with Gasteiger partial charge < -0.3 is 14.2 Å². The Morgan fingerprint density at radius 3 is 2.62 bits per heavy atom. The highest BCUT2D eigenvalue weighted by molar-refractivity contribution is 7.99. The summed E-state index contributed by atoms with van der Waals surface area (Å²) in [5.41, 5.74) is 0.919. The van der Waals surface area contributed by atoms with Crippen molar-refractivity contribution in [3.05, 3.63) is 77.6 Å². The molecule has 0 bridgehead atoms. The van der Waals surface area contributed by atoms with E-state index in [0.29, 0.717) is 28.3 Å². The molecule has 164 valence electrons. The normalized spacial score (nSPS) is 11.0. The van der Waals surface area contributed by atoms with Crippen LogP contribution in [-0.2, 0) is 18.4 Å². The highest BCUT2D eigenvalue weighted by atomic mass is 35.5. The zero-order valence-electron chi connectivity index (χ0n) is 17.9. The van der Waals surface area contributed by atoms with Crippen LogP contribution in [0, 0.1) is 0 Å². The fraction of sp³-hybridized carbons (Fsp3) is 0.208. The number of fused-ring (bicyclic) bond motifs is 1. The van der Waals surface area contributed by atoms with Crippen LogP contribution in [0.2, 0.25) is 5.02 Å². The Bertz CT molecular complexity index is 1240. The van der Waals surface area contributed by atoms with E-state index in [1.54, 1.807) is 12.1 Å². The molecule has 0 unspecified atom stereocenters. The maximum Gasteiger partial charge on any atom is 0.237 e. The predicted molar refractivity (Wildman–Crippen MR) is 129 cm³/mol. The first kappa shape index (κ1) is 22.2. The lowest BCUT2D eigenvalue weighted by atomic mass is 10.1. The van der Waals surface area contributed by atoms with E-state index in [1.807, 2.05) is 65.9 Å². The molecular weight excluding hydrogens is 444 g/mol. The van der Waals surface area contributed by atoms with Gasteiger partial charge in [0.05, 0.1) is 16.5 Å². The van der Waals surface area contributed by atoms with Gasteiger partial charge in [-0.05, 0) is 30.5 Å². The highest BCUT2D eigenvalue weighted by Gasteiger charge is 2.18. The van der Waals surface area contributed by atoms with Crippen molar-refractivity contribution in [3.63, 3.8) is 0 Å². The second-order valence-corrected chi connectivity index (χ2v) is 8.45. The average molecular weight is 467 g/mol. The fourth-order valence-electron chi connectivity index (χ4n) is 3.43. The molecule has 0 N–H and O–H groups in total. The van der Waals surface area contributed by atoms with Crippen LogP contribution in [0.3, 0.4) is 0 Å². The lowest BCUT2D eigenvalue weighted by molar-refractivity contribution is -0.116. The van der Waals surface area contributed by atoms with Crippen molar-refractivity contribution in [2.75, 3.05) is 17.2 Å². The molecule has 6 nitrogen and oxygen atoms in total. The monoisotopic (exact) mass is 466 g/mol. The minimum absolute atomic E-state index is 0.0192. The second-order valence-electron chi connectivity index (χ2n) is 7.10. The van der Waals surface area contributed by atoms with Gasteiger partial charge in [0.2, 0.25) is 5.91 Å². The zero-order chi connectivity index (χ0) is 22.5. The zero-order valence-corrected chi connectivity index (χ0v) is 19.4. The molecule has 1 heterocycles. The van der Waals surface area contributed by atoms with E-state index in [2.05, 4.69) is 22.3 Å². The van der Waals surface area contributed by atoms with Crippen LogP contribution in [0.15, 0.2) is 71.9 Å². The van der Waals surface area contributed by atoms with E-state index in [9.17, 15) is 4.79 Å². The van der Waals surface area contributed by atoms with Crippen LogP contribution in [0.1, 0.15) is 12.7 Å². The largest absolute Gasteiger partial charge is 0.484 e. The minimum Gasteiger partial charge on any atom is -0.484 e. The van der Waals surface area contributed by atoms with Gasteiger partial charge in [0.1, 0.15) is 12.4 Å². The molecule has 0 fully saturated rings. The fourth-order valence-corrected chi connectivity index (χ4v) is 4.43. The first-order valence-corrected chi connectivity index (χ1v) is 11.6. The number of carbonyl (C=O) groups excluding carboxylic acids is 1. The average Bonchev–Trinajstić information content (AvgIpc) is 3.17. The third kappa shape index (κ3) is 4.74. The maximum atomic E-state index is 13.1. The van der Waals surface area contributed by atoms with Crippen molar-refractivity contribution < 1.29 is 9.53 Å². The van der Waals surface area contributed by atoms with E-state index in [1.165, 1.54) is 11.8 Å². The van der Waals surface area contributed by atoms with Gasteiger partial charge in [-0.3, -0.25) is 4.79 Å². The smallest absolute Gasteiger partial charge is 0.237 e. The number of carbonyl (C=O) groups is 1. The van der Waals surface area contributed by atoms with Crippen molar-refractivity contribution in [3.8, 4) is 5.75 Å². The van der Waals surface area contributed by atoms with Crippen LogP contribution in [0.25, 0.3) is 10.8 Å². The van der Waals surface area contributed by atoms with Crippen LogP contribution in [0.5, 0.6) is 5.75 Å². The van der Waals surface area contributed by atoms with Crippen molar-refractivity contribution in [2.45, 2.75) is 18.7 Å². The molecule has 0 aliphatic carbocycles. The molecule has 0 radical (unpaired) electrons. The number of rotatable bonds is 8. The number of para-hydroxylation sites is 1. The van der Waals surface area contributed by atoms with E-state index in [4.69, 9.17) is 16.3 Å². The SMILES string of the molecule is CCN(C(=O)CSc1nnc(COc2ccccc2Cl)n1C)c1cccc2ccccc12. The number of hydrogen-bond donors (Lipinski definition) is 0. The maximum absolute atomic E-state index is 13.1. The first-order valence-electron chi connectivity index (χ1n) is 10.2. The van der Waals surface area contributed by atoms with Crippen molar-refractivity contribution >= 4 is 45.7 Å². The van der Waals surface area contributed by atoms with Gasteiger partial charge in [-0.15, -0.1) is 10.2 Å². The summed E-state index contributed by atoms with van der Waals surface area (Å²) < 4.78 is 7.59. The number of halogens is 1. The number of aromatic nitrogens is 3. The molecule has 0 aliphatic rings. The summed E-state index contributed by atoms with van der Waals surface area (Å²) in [6.45, 7) is 2.80. The first-order chi connectivity index (χ1) is 15.6. The molecule has 4 aromatic rings. The molecule has 8 heteroatoms. The number of ether oxygens (including phenoxy) is 1. The lowest BCUT2D eigenvalue weighted by Crippen LogP contribution is -2.32. The Hall–Kier alpha value is -3.03. The third-order valence-corrected chi connectivity index (χ3v) is 6.44. The Labute approximate surface area is 196 Å². The van der Waals surface area contributed by atoms with Crippen molar-refractivity contribution in [1.82, 2.24) is 14.8 Å². The van der Waals surface area contributed by atoms with Gasteiger partial charge in [0.25, 0.3) is 0 Å². The standard InChI is InChI=1S/C24H23ClN4O2S/c1-3-29(20-13-8-10-17-9-4-5-11-18(17)20)23(30)16-32-24-27-26-22(28(24)2)15-31-21-14-7-6-12-19(21)25/h4-14H,3,15-16H2,1-2H3. The third-order valence-electron chi connectivity index (χ3n) is 5.12. The summed E-state index contributed by atoms with van der Waals surface area (Å²) >= 11 is 7.50. The molecule has 4 rings (SSSR count). The number of benzene rings is 3. The van der Waals surface area contributed by atoms with E-state index >= 15 is 0 Å². The Kier molecular flexibility index (Phi) is 6.97. The summed E-state index contributed by atoms with van der Waals surface area (Å²) in [7, 11) is 1.86. The van der Waals surface area contributed by atoms with Crippen LogP contribution >= 0.6 is 23.4 Å².